The van der Waals surface area contributed by atoms with E-state index in [0.29, 0.717) is 23.5 Å². The van der Waals surface area contributed by atoms with Crippen molar-refractivity contribution in [2.24, 2.45) is 26.9 Å². The van der Waals surface area contributed by atoms with Gasteiger partial charge in [-0.25, -0.2) is 0 Å². The van der Waals surface area contributed by atoms with Crippen LogP contribution in [-0.2, 0) is 25.9 Å². The second-order valence-electron chi connectivity index (χ2n) is 7.69. The number of carbonyl (C=O) groups is 4. The highest BCUT2D eigenvalue weighted by Crippen LogP contribution is 2.18. The first-order valence-electron chi connectivity index (χ1n) is 10.4. The van der Waals surface area contributed by atoms with Crippen LogP contribution in [0.15, 0.2) is 30.6 Å². The lowest BCUT2D eigenvalue weighted by atomic mass is 10.3. The summed E-state index contributed by atoms with van der Waals surface area (Å²) in [5.74, 6) is -1.07. The Kier molecular flexibility index (Phi) is 7.34. The van der Waals surface area contributed by atoms with Crippen LogP contribution in [-0.4, -0.2) is 55.4 Å². The van der Waals surface area contributed by atoms with Crippen LogP contribution in [0.4, 0.5) is 17.2 Å². The Morgan fingerprint density at radius 3 is 2.03 bits per heavy atom. The lowest BCUT2D eigenvalue weighted by molar-refractivity contribution is -0.105. The van der Waals surface area contributed by atoms with Gasteiger partial charge >= 0.3 is 0 Å². The molecule has 0 aliphatic rings. The molecule has 0 aliphatic heterocycles. The van der Waals surface area contributed by atoms with Crippen molar-refractivity contribution in [2.75, 3.05) is 22.5 Å². The molecule has 14 heteroatoms. The highest BCUT2D eigenvalue weighted by atomic mass is 16.2. The number of aryl methyl sites for hydroxylation is 3. The number of carbonyl (C=O) groups excluding carboxylic acids is 4. The standard InChI is InChI=1S/C21H26N10O4/c1-29-9-12(6-14(29)19(33)24-5-4-17(22)23)26-20(34)15-7-13(10-30(15)2)27-21(35)16-8-18(25-11-32)28-31(16)3/h6-11H,4-5H2,1-3H3,(H3,22,23)(H,24,33)(H,26,34)(H,27,35)(H,25,28,32). The fourth-order valence-corrected chi connectivity index (χ4v) is 3.32. The summed E-state index contributed by atoms with van der Waals surface area (Å²) >= 11 is 0. The molecule has 0 atom stereocenters. The summed E-state index contributed by atoms with van der Waals surface area (Å²) < 4.78 is 4.43. The quantitative estimate of drug-likeness (QED) is 0.136. The predicted molar refractivity (Wildman–Crippen MR) is 128 cm³/mol. The average Bonchev–Trinajstić information content (AvgIpc) is 3.44. The summed E-state index contributed by atoms with van der Waals surface area (Å²) in [5.41, 5.74) is 6.88. The predicted octanol–water partition coefficient (Wildman–Crippen LogP) is 0.226. The van der Waals surface area contributed by atoms with E-state index >= 15 is 0 Å². The fraction of sp³-hybridized carbons (Fsp3) is 0.238. The van der Waals surface area contributed by atoms with Gasteiger partial charge in [-0.05, 0) is 12.1 Å². The number of amides is 4. The summed E-state index contributed by atoms with van der Waals surface area (Å²) in [5, 5.41) is 21.7. The molecule has 0 fully saturated rings. The molecule has 0 aromatic carbocycles. The molecule has 3 rings (SSSR count). The molecule has 0 aliphatic carbocycles. The number of hydrogen-bond donors (Lipinski definition) is 6. The van der Waals surface area contributed by atoms with E-state index in [9.17, 15) is 19.2 Å². The van der Waals surface area contributed by atoms with Gasteiger partial charge in [-0.3, -0.25) is 29.3 Å². The molecule has 3 heterocycles. The van der Waals surface area contributed by atoms with Crippen LogP contribution in [0.2, 0.25) is 0 Å². The van der Waals surface area contributed by atoms with E-state index in [-0.39, 0.29) is 41.9 Å². The van der Waals surface area contributed by atoms with Gasteiger partial charge in [-0.15, -0.1) is 0 Å². The maximum Gasteiger partial charge on any atom is 0.274 e. The van der Waals surface area contributed by atoms with Crippen molar-refractivity contribution < 1.29 is 19.2 Å². The Balaban J connectivity index is 1.67. The smallest absolute Gasteiger partial charge is 0.274 e. The van der Waals surface area contributed by atoms with Crippen molar-refractivity contribution in [3.05, 3.63) is 47.7 Å². The van der Waals surface area contributed by atoms with E-state index in [1.54, 1.807) is 42.7 Å². The third kappa shape index (κ3) is 5.93. The van der Waals surface area contributed by atoms with E-state index in [4.69, 9.17) is 11.1 Å². The highest BCUT2D eigenvalue weighted by Gasteiger charge is 2.18. The van der Waals surface area contributed by atoms with Crippen LogP contribution in [0.1, 0.15) is 37.9 Å². The topological polar surface area (TPSA) is 194 Å². The summed E-state index contributed by atoms with van der Waals surface area (Å²) in [7, 11) is 4.88. The SMILES string of the molecule is Cn1cc(NC(=O)c2cc(NC(=O)c3cc(NC=O)nn3C)cn2C)cc1C(=O)NCCC(=N)N. The van der Waals surface area contributed by atoms with E-state index in [2.05, 4.69) is 26.4 Å². The van der Waals surface area contributed by atoms with E-state index in [1.165, 1.54) is 22.9 Å². The highest BCUT2D eigenvalue weighted by molar-refractivity contribution is 6.07. The van der Waals surface area contributed by atoms with Crippen LogP contribution >= 0.6 is 0 Å². The van der Waals surface area contributed by atoms with Crippen molar-refractivity contribution >= 4 is 47.2 Å². The number of anilines is 3. The van der Waals surface area contributed by atoms with Crippen LogP contribution in [0.25, 0.3) is 0 Å². The first kappa shape index (κ1) is 24.8. The zero-order valence-corrected chi connectivity index (χ0v) is 19.4. The largest absolute Gasteiger partial charge is 0.388 e. The molecular weight excluding hydrogens is 456 g/mol. The molecular formula is C21H26N10O4. The molecule has 4 amide bonds. The van der Waals surface area contributed by atoms with Crippen LogP contribution in [0.3, 0.4) is 0 Å². The number of rotatable bonds is 10. The lowest BCUT2D eigenvalue weighted by Gasteiger charge is -2.04. The number of nitrogens with two attached hydrogens (primary N) is 1. The minimum absolute atomic E-state index is 0.0248. The molecule has 0 saturated carbocycles. The minimum atomic E-state index is -0.472. The van der Waals surface area contributed by atoms with Gasteiger partial charge in [0.25, 0.3) is 17.7 Å². The molecule has 0 saturated heterocycles. The molecule has 0 spiro atoms. The Morgan fingerprint density at radius 1 is 0.943 bits per heavy atom. The molecule has 35 heavy (non-hydrogen) atoms. The summed E-state index contributed by atoms with van der Waals surface area (Å²) in [6.07, 6.45) is 3.87. The number of hydrogen-bond acceptors (Lipinski definition) is 6. The fourth-order valence-electron chi connectivity index (χ4n) is 3.32. The normalized spacial score (nSPS) is 10.5. The van der Waals surface area contributed by atoms with Gasteiger partial charge in [0.1, 0.15) is 17.1 Å². The Morgan fingerprint density at radius 2 is 1.49 bits per heavy atom. The number of aromatic nitrogens is 4. The van der Waals surface area contributed by atoms with E-state index in [0.717, 1.165) is 0 Å². The second-order valence-corrected chi connectivity index (χ2v) is 7.69. The second kappa shape index (κ2) is 10.4. The van der Waals surface area contributed by atoms with Gasteiger partial charge in [-0.1, -0.05) is 0 Å². The summed E-state index contributed by atoms with van der Waals surface area (Å²) in [4.78, 5) is 48.3. The van der Waals surface area contributed by atoms with Crippen molar-refractivity contribution in [1.82, 2.24) is 24.2 Å². The van der Waals surface area contributed by atoms with Crippen LogP contribution < -0.4 is 27.0 Å². The number of nitrogens with zero attached hydrogens (tertiary/aromatic N) is 4. The maximum atomic E-state index is 12.8. The third-order valence-electron chi connectivity index (χ3n) is 4.99. The van der Waals surface area contributed by atoms with E-state index < -0.39 is 11.8 Å². The summed E-state index contributed by atoms with van der Waals surface area (Å²) in [6, 6.07) is 4.45. The molecule has 0 unspecified atom stereocenters. The average molecular weight is 483 g/mol. The van der Waals surface area contributed by atoms with E-state index in [1.807, 2.05) is 0 Å². The zero-order valence-electron chi connectivity index (χ0n) is 19.4. The molecule has 7 N–H and O–H groups in total. The van der Waals surface area contributed by atoms with Crippen molar-refractivity contribution in [2.45, 2.75) is 6.42 Å². The summed E-state index contributed by atoms with van der Waals surface area (Å²) in [6.45, 7) is 0.229. The molecule has 14 nitrogen and oxygen atoms in total. The zero-order chi connectivity index (χ0) is 25.7. The maximum absolute atomic E-state index is 12.8. The minimum Gasteiger partial charge on any atom is -0.388 e. The van der Waals surface area contributed by atoms with Gasteiger partial charge in [0.05, 0.1) is 17.2 Å². The van der Waals surface area contributed by atoms with Gasteiger partial charge in [-0.2, -0.15) is 5.10 Å². The van der Waals surface area contributed by atoms with Crippen LogP contribution in [0, 0.1) is 5.41 Å². The van der Waals surface area contributed by atoms with Gasteiger partial charge in [0, 0.05) is 52.6 Å². The van der Waals surface area contributed by atoms with Crippen molar-refractivity contribution in [3.8, 4) is 0 Å². The van der Waals surface area contributed by atoms with Gasteiger partial charge in [0.15, 0.2) is 5.82 Å². The van der Waals surface area contributed by atoms with Gasteiger partial charge < -0.3 is 36.1 Å². The Hall–Kier alpha value is -4.88. The molecule has 0 bridgehead atoms. The third-order valence-corrected chi connectivity index (χ3v) is 4.99. The number of nitrogens with one attached hydrogen (secondary N) is 5. The molecule has 3 aromatic rings. The molecule has 0 radical (unpaired) electrons. The first-order valence-corrected chi connectivity index (χ1v) is 10.4. The van der Waals surface area contributed by atoms with Crippen molar-refractivity contribution in [3.63, 3.8) is 0 Å². The Bertz CT molecular complexity index is 1300. The number of amidine groups is 1. The lowest BCUT2D eigenvalue weighted by Crippen LogP contribution is -2.28. The molecule has 3 aromatic heterocycles. The Labute approximate surface area is 200 Å². The van der Waals surface area contributed by atoms with Crippen molar-refractivity contribution in [1.29, 1.82) is 5.41 Å². The monoisotopic (exact) mass is 482 g/mol. The first-order chi connectivity index (χ1) is 16.6. The van der Waals surface area contributed by atoms with Crippen LogP contribution in [0.5, 0.6) is 0 Å². The van der Waals surface area contributed by atoms with Gasteiger partial charge in [0.2, 0.25) is 6.41 Å². The molecule has 184 valence electrons.